The maximum absolute atomic E-state index is 13.6. The number of carbonyl (C=O) groups is 2. The number of dihydropyridines is 1. The lowest BCUT2D eigenvalue weighted by Crippen LogP contribution is -2.32. The van der Waals surface area contributed by atoms with E-state index < -0.39 is 5.82 Å². The van der Waals surface area contributed by atoms with Gasteiger partial charge >= 0.3 is 0 Å². The second-order valence-electron chi connectivity index (χ2n) is 8.76. The zero-order valence-electron chi connectivity index (χ0n) is 23.8. The SMILES string of the molecule is C=O.CC.CC1=CC(/C=C2C(=O)N/C(C)=C/C=C\C(c3ccc(F)c(Cl)c3)=C\2C)NC=C1.CN1CCOCC1. The molecule has 0 aromatic heterocycles. The van der Waals surface area contributed by atoms with Crippen molar-refractivity contribution in [1.82, 2.24) is 15.5 Å². The fourth-order valence-corrected chi connectivity index (χ4v) is 3.98. The number of amides is 1. The van der Waals surface area contributed by atoms with E-state index in [0.29, 0.717) is 5.57 Å². The van der Waals surface area contributed by atoms with Crippen LogP contribution in [0.3, 0.4) is 0 Å². The Morgan fingerprint density at radius 3 is 2.36 bits per heavy atom. The first kappa shape index (κ1) is 33.8. The van der Waals surface area contributed by atoms with Gasteiger partial charge in [-0.2, -0.15) is 0 Å². The van der Waals surface area contributed by atoms with E-state index in [1.807, 2.05) is 84.1 Å². The average Bonchev–Trinajstić information content (AvgIpc) is 2.98. The van der Waals surface area contributed by atoms with E-state index in [9.17, 15) is 9.18 Å². The van der Waals surface area contributed by atoms with Crippen molar-refractivity contribution < 1.29 is 18.7 Å². The van der Waals surface area contributed by atoms with Gasteiger partial charge in [0.2, 0.25) is 0 Å². The van der Waals surface area contributed by atoms with Gasteiger partial charge in [0.05, 0.1) is 24.3 Å². The summed E-state index contributed by atoms with van der Waals surface area (Å²) in [6, 6.07) is 4.48. The molecule has 0 bridgehead atoms. The Balaban J connectivity index is 0.000000585. The van der Waals surface area contributed by atoms with Crippen LogP contribution in [0.25, 0.3) is 5.57 Å². The number of rotatable bonds is 2. The highest BCUT2D eigenvalue weighted by molar-refractivity contribution is 6.31. The van der Waals surface area contributed by atoms with E-state index in [0.717, 1.165) is 54.3 Å². The molecule has 1 aromatic rings. The number of nitrogens with one attached hydrogen (secondary N) is 2. The molecule has 1 atom stereocenters. The number of hydrogen-bond donors (Lipinski definition) is 2. The van der Waals surface area contributed by atoms with Gasteiger partial charge in [0.1, 0.15) is 12.6 Å². The zero-order valence-corrected chi connectivity index (χ0v) is 24.6. The van der Waals surface area contributed by atoms with Crippen LogP contribution in [-0.4, -0.2) is 57.0 Å². The van der Waals surface area contributed by atoms with Gasteiger partial charge in [0, 0.05) is 24.4 Å². The summed E-state index contributed by atoms with van der Waals surface area (Å²) in [5.74, 6) is -0.665. The van der Waals surface area contributed by atoms with E-state index in [4.69, 9.17) is 21.1 Å². The smallest absolute Gasteiger partial charge is 0.255 e. The minimum absolute atomic E-state index is 0.0467. The van der Waals surface area contributed by atoms with Crippen molar-refractivity contribution >= 4 is 29.9 Å². The van der Waals surface area contributed by atoms with Crippen molar-refractivity contribution in [3.05, 3.63) is 99.7 Å². The van der Waals surface area contributed by atoms with Crippen LogP contribution >= 0.6 is 11.6 Å². The lowest BCUT2D eigenvalue weighted by atomic mass is 9.93. The maximum atomic E-state index is 13.6. The molecule has 1 unspecified atom stereocenters. The number of morpholine rings is 1. The number of nitrogens with zero attached hydrogens (tertiary/aromatic N) is 1. The normalized spacial score (nSPS) is 24.2. The van der Waals surface area contributed by atoms with Crippen LogP contribution in [0.4, 0.5) is 4.39 Å². The summed E-state index contributed by atoms with van der Waals surface area (Å²) in [7, 11) is 2.11. The van der Waals surface area contributed by atoms with E-state index in [2.05, 4.69) is 22.6 Å². The Labute approximate surface area is 237 Å². The molecular weight excluding hydrogens is 517 g/mol. The van der Waals surface area contributed by atoms with Crippen LogP contribution in [0.15, 0.2) is 83.3 Å². The van der Waals surface area contributed by atoms with Crippen molar-refractivity contribution in [2.45, 2.75) is 40.7 Å². The first-order valence-electron chi connectivity index (χ1n) is 13.0. The molecule has 8 heteroatoms. The highest BCUT2D eigenvalue weighted by atomic mass is 35.5. The predicted molar refractivity (Wildman–Crippen MR) is 160 cm³/mol. The Kier molecular flexibility index (Phi) is 15.7. The third-order valence-corrected chi connectivity index (χ3v) is 6.15. The average molecular weight is 558 g/mol. The Bertz CT molecular complexity index is 1150. The number of allylic oxidation sites excluding steroid dienone is 7. The molecule has 3 aliphatic rings. The first-order valence-corrected chi connectivity index (χ1v) is 13.3. The van der Waals surface area contributed by atoms with Gasteiger partial charge in [-0.1, -0.05) is 55.3 Å². The van der Waals surface area contributed by atoms with Gasteiger partial charge in [0.15, 0.2) is 0 Å². The first-order chi connectivity index (χ1) is 18.7. The number of hydrogen-bond acceptors (Lipinski definition) is 5. The van der Waals surface area contributed by atoms with Crippen molar-refractivity contribution in [3.63, 3.8) is 0 Å². The second kappa shape index (κ2) is 18.1. The van der Waals surface area contributed by atoms with Gasteiger partial charge in [-0.15, -0.1) is 0 Å². The summed E-state index contributed by atoms with van der Waals surface area (Å²) in [6.45, 7) is 15.8. The van der Waals surface area contributed by atoms with E-state index in [-0.39, 0.29) is 17.0 Å². The molecule has 1 saturated heterocycles. The zero-order chi connectivity index (χ0) is 29.4. The molecule has 0 aliphatic carbocycles. The van der Waals surface area contributed by atoms with Crippen molar-refractivity contribution in [3.8, 4) is 0 Å². The molecule has 0 spiro atoms. The fraction of sp³-hybridized carbons (Fsp3) is 0.355. The summed E-state index contributed by atoms with van der Waals surface area (Å²) in [4.78, 5) is 23.2. The topological polar surface area (TPSA) is 70.7 Å². The minimum atomic E-state index is -0.473. The molecule has 2 N–H and O–H groups in total. The third kappa shape index (κ3) is 11.2. The minimum Gasteiger partial charge on any atom is -0.381 e. The summed E-state index contributed by atoms with van der Waals surface area (Å²) < 4.78 is 18.7. The second-order valence-corrected chi connectivity index (χ2v) is 9.17. The summed E-state index contributed by atoms with van der Waals surface area (Å²) in [5.41, 5.74) is 4.73. The summed E-state index contributed by atoms with van der Waals surface area (Å²) >= 11 is 5.99. The van der Waals surface area contributed by atoms with E-state index >= 15 is 0 Å². The molecule has 0 saturated carbocycles. The van der Waals surface area contributed by atoms with Crippen LogP contribution in [0.1, 0.15) is 40.2 Å². The number of likely N-dealkylation sites (N-methyl/N-ethyl adjacent to an activating group) is 1. The monoisotopic (exact) mass is 557 g/mol. The molecule has 1 aromatic carbocycles. The standard InChI is InChI=1S/C23H22ClFN2O.C5H11NO.C2H6.CH2O/c1-14-9-10-26-18(11-14)13-20-16(3)19(6-4-5-15(2)27-23(20)28)17-7-8-22(25)21(24)12-17;1-6-2-4-7-5-3-6;2*1-2/h4-13,18,26H,1-3H3,(H,27,28);2-5H2,1H3;1-2H3;1H2/b6-4-,15-5+,19-16-,20-13-;;;. The summed E-state index contributed by atoms with van der Waals surface area (Å²) in [5, 5.41) is 6.19. The lowest BCUT2D eigenvalue weighted by Gasteiger charge is -2.21. The largest absolute Gasteiger partial charge is 0.381 e. The molecule has 1 fully saturated rings. The highest BCUT2D eigenvalue weighted by Gasteiger charge is 2.19. The number of benzene rings is 1. The number of carbonyl (C=O) groups excluding carboxylic acids is 2. The van der Waals surface area contributed by atoms with Crippen LogP contribution < -0.4 is 10.6 Å². The van der Waals surface area contributed by atoms with Crippen LogP contribution in [0.5, 0.6) is 0 Å². The molecule has 212 valence electrons. The summed E-state index contributed by atoms with van der Waals surface area (Å²) in [6.07, 6.45) is 13.4. The fourth-order valence-electron chi connectivity index (χ4n) is 3.80. The number of halogens is 2. The van der Waals surface area contributed by atoms with Crippen LogP contribution in [0.2, 0.25) is 5.02 Å². The number of ether oxygens (including phenoxy) is 1. The molecule has 3 heterocycles. The van der Waals surface area contributed by atoms with Gasteiger partial charge < -0.3 is 25.1 Å². The van der Waals surface area contributed by atoms with Crippen molar-refractivity contribution in [1.29, 1.82) is 0 Å². The maximum Gasteiger partial charge on any atom is 0.255 e. The highest BCUT2D eigenvalue weighted by Crippen LogP contribution is 2.29. The molecule has 0 radical (unpaired) electrons. The van der Waals surface area contributed by atoms with Crippen LogP contribution in [0, 0.1) is 5.82 Å². The molecular formula is C31H41ClFN3O3. The van der Waals surface area contributed by atoms with Crippen LogP contribution in [-0.2, 0) is 14.3 Å². The van der Waals surface area contributed by atoms with Gasteiger partial charge in [-0.3, -0.25) is 4.79 Å². The van der Waals surface area contributed by atoms with E-state index in [1.54, 1.807) is 12.1 Å². The molecule has 1 amide bonds. The lowest BCUT2D eigenvalue weighted by molar-refractivity contribution is -0.116. The Hall–Kier alpha value is -3.26. The third-order valence-electron chi connectivity index (χ3n) is 5.86. The molecule has 39 heavy (non-hydrogen) atoms. The Morgan fingerprint density at radius 1 is 1.13 bits per heavy atom. The van der Waals surface area contributed by atoms with Crippen molar-refractivity contribution in [2.75, 3.05) is 33.4 Å². The van der Waals surface area contributed by atoms with Gasteiger partial charge in [-0.05, 0) is 81.1 Å². The van der Waals surface area contributed by atoms with Crippen molar-refractivity contribution in [2.24, 2.45) is 0 Å². The quantitative estimate of drug-likeness (QED) is 0.437. The molecule has 6 nitrogen and oxygen atoms in total. The van der Waals surface area contributed by atoms with Gasteiger partial charge in [0.25, 0.3) is 5.91 Å². The van der Waals surface area contributed by atoms with Gasteiger partial charge in [-0.25, -0.2) is 4.39 Å². The van der Waals surface area contributed by atoms with E-state index in [1.165, 1.54) is 6.07 Å². The molecule has 3 aliphatic heterocycles. The Morgan fingerprint density at radius 2 is 1.79 bits per heavy atom. The molecule has 4 rings (SSSR count). The predicted octanol–water partition coefficient (Wildman–Crippen LogP) is 5.99.